The number of ether oxygens (including phenoxy) is 2. The number of nitrogens with one attached hydrogen (secondary N) is 1. The summed E-state index contributed by atoms with van der Waals surface area (Å²) in [5.41, 5.74) is 1.17. The van der Waals surface area contributed by atoms with Crippen LogP contribution < -0.4 is 14.8 Å². The fourth-order valence-corrected chi connectivity index (χ4v) is 1.78. The van der Waals surface area contributed by atoms with Crippen LogP contribution in [0, 0.1) is 5.92 Å². The molecule has 4 nitrogen and oxygen atoms in total. The fourth-order valence-electron chi connectivity index (χ4n) is 1.78. The minimum absolute atomic E-state index is 0.645. The average molecular weight is 280 g/mol. The maximum absolute atomic E-state index is 5.89. The van der Waals surface area contributed by atoms with Crippen molar-refractivity contribution in [2.24, 2.45) is 5.92 Å². The zero-order chi connectivity index (χ0) is 15.0. The first-order valence-electron chi connectivity index (χ1n) is 7.18. The first-order valence-corrected chi connectivity index (χ1v) is 7.18. The van der Waals surface area contributed by atoms with Gasteiger partial charge in [-0.15, -0.1) is 0 Å². The number of hydrogen-bond donors (Lipinski definition) is 1. The lowest BCUT2D eigenvalue weighted by molar-refractivity contribution is 0.258. The molecule has 114 valence electrons. The average Bonchev–Trinajstić information content (AvgIpc) is 2.39. The van der Waals surface area contributed by atoms with Crippen molar-refractivity contribution in [1.82, 2.24) is 10.2 Å². The topological polar surface area (TPSA) is 33.7 Å². The van der Waals surface area contributed by atoms with E-state index in [4.69, 9.17) is 9.47 Å². The van der Waals surface area contributed by atoms with Crippen LogP contribution in [-0.2, 0) is 6.54 Å². The van der Waals surface area contributed by atoms with Gasteiger partial charge in [-0.2, -0.15) is 0 Å². The smallest absolute Gasteiger partial charge is 0.127 e. The minimum atomic E-state index is 0.645. The lowest BCUT2D eigenvalue weighted by Crippen LogP contribution is -2.21. The Labute approximate surface area is 123 Å². The van der Waals surface area contributed by atoms with Crippen LogP contribution >= 0.6 is 0 Å². The Bertz CT molecular complexity index is 392. The number of likely N-dealkylation sites (N-methyl/N-ethyl adjacent to an activating group) is 1. The lowest BCUT2D eigenvalue weighted by atomic mass is 10.1. The van der Waals surface area contributed by atoms with E-state index in [1.807, 2.05) is 26.2 Å². The molecule has 0 saturated heterocycles. The largest absolute Gasteiger partial charge is 0.497 e. The molecule has 1 aromatic rings. The maximum Gasteiger partial charge on any atom is 0.127 e. The van der Waals surface area contributed by atoms with Gasteiger partial charge >= 0.3 is 0 Å². The Hall–Kier alpha value is -1.26. The monoisotopic (exact) mass is 280 g/mol. The van der Waals surface area contributed by atoms with Crippen LogP contribution in [0.15, 0.2) is 18.2 Å². The zero-order valence-corrected chi connectivity index (χ0v) is 13.4. The molecule has 1 aromatic carbocycles. The summed E-state index contributed by atoms with van der Waals surface area (Å²) in [5, 5.41) is 3.45. The lowest BCUT2D eigenvalue weighted by Gasteiger charge is -2.16. The molecule has 0 amide bonds. The van der Waals surface area contributed by atoms with Crippen molar-refractivity contribution >= 4 is 0 Å². The van der Waals surface area contributed by atoms with E-state index in [9.17, 15) is 0 Å². The van der Waals surface area contributed by atoms with Gasteiger partial charge in [0.05, 0.1) is 7.11 Å². The molecule has 0 unspecified atom stereocenters. The molecular weight excluding hydrogens is 252 g/mol. The van der Waals surface area contributed by atoms with Gasteiger partial charge in [0.15, 0.2) is 0 Å². The molecule has 0 saturated carbocycles. The van der Waals surface area contributed by atoms with Crippen molar-refractivity contribution in [1.29, 1.82) is 0 Å². The number of rotatable bonds is 9. The molecule has 0 aliphatic carbocycles. The summed E-state index contributed by atoms with van der Waals surface area (Å²) in [7, 11) is 5.76. The second-order valence-corrected chi connectivity index (χ2v) is 5.65. The van der Waals surface area contributed by atoms with Crippen molar-refractivity contribution < 1.29 is 9.47 Å². The van der Waals surface area contributed by atoms with Gasteiger partial charge in [-0.1, -0.05) is 19.9 Å². The zero-order valence-electron chi connectivity index (χ0n) is 13.4. The minimum Gasteiger partial charge on any atom is -0.497 e. The van der Waals surface area contributed by atoms with Gasteiger partial charge in [0, 0.05) is 24.7 Å². The second kappa shape index (κ2) is 8.82. The van der Waals surface area contributed by atoms with Crippen LogP contribution in [-0.4, -0.2) is 45.8 Å². The van der Waals surface area contributed by atoms with Gasteiger partial charge in [-0.05, 0) is 32.6 Å². The molecule has 1 N–H and O–H groups in total. The van der Waals surface area contributed by atoms with E-state index in [2.05, 4.69) is 30.1 Å². The Morgan fingerprint density at radius 1 is 1.25 bits per heavy atom. The van der Waals surface area contributed by atoms with Crippen molar-refractivity contribution in [3.8, 4) is 11.5 Å². The Morgan fingerprint density at radius 2 is 2.00 bits per heavy atom. The van der Waals surface area contributed by atoms with Crippen LogP contribution in [0.25, 0.3) is 0 Å². The molecule has 0 bridgehead atoms. The highest BCUT2D eigenvalue weighted by Gasteiger charge is 2.06. The molecule has 0 atom stereocenters. The summed E-state index contributed by atoms with van der Waals surface area (Å²) in [4.78, 5) is 2.11. The van der Waals surface area contributed by atoms with Crippen LogP contribution in [0.5, 0.6) is 11.5 Å². The standard InChI is InChI=1S/C16H28N2O2/c1-13(2)11-17-12-14-6-7-15(19-5)10-16(14)20-9-8-18(3)4/h6-7,10,13,17H,8-9,11-12H2,1-5H3. The van der Waals surface area contributed by atoms with E-state index in [0.29, 0.717) is 12.5 Å². The third kappa shape index (κ3) is 6.26. The molecule has 0 radical (unpaired) electrons. The maximum atomic E-state index is 5.89. The number of hydrogen-bond acceptors (Lipinski definition) is 4. The van der Waals surface area contributed by atoms with Crippen LogP contribution in [0.4, 0.5) is 0 Å². The van der Waals surface area contributed by atoms with Crippen molar-refractivity contribution in [3.05, 3.63) is 23.8 Å². The van der Waals surface area contributed by atoms with Gasteiger partial charge < -0.3 is 19.7 Å². The van der Waals surface area contributed by atoms with Gasteiger partial charge in [-0.3, -0.25) is 0 Å². The van der Waals surface area contributed by atoms with Crippen molar-refractivity contribution in [3.63, 3.8) is 0 Å². The highest BCUT2D eigenvalue weighted by atomic mass is 16.5. The summed E-state index contributed by atoms with van der Waals surface area (Å²) in [6, 6.07) is 6.00. The molecule has 0 spiro atoms. The molecule has 4 heteroatoms. The first kappa shape index (κ1) is 16.8. The van der Waals surface area contributed by atoms with Crippen LogP contribution in [0.1, 0.15) is 19.4 Å². The summed E-state index contributed by atoms with van der Waals surface area (Å²) in [6.45, 7) is 7.81. The van der Waals surface area contributed by atoms with Gasteiger partial charge in [0.25, 0.3) is 0 Å². The van der Waals surface area contributed by atoms with Gasteiger partial charge in [0.1, 0.15) is 18.1 Å². The molecular formula is C16H28N2O2. The molecule has 0 fully saturated rings. The Kier molecular flexibility index (Phi) is 7.41. The summed E-state index contributed by atoms with van der Waals surface area (Å²) >= 11 is 0. The molecule has 0 aliphatic rings. The van der Waals surface area contributed by atoms with E-state index < -0.39 is 0 Å². The second-order valence-electron chi connectivity index (χ2n) is 5.65. The number of methoxy groups -OCH3 is 1. The summed E-state index contributed by atoms with van der Waals surface area (Å²) in [6.07, 6.45) is 0. The fraction of sp³-hybridized carbons (Fsp3) is 0.625. The number of nitrogens with zero attached hydrogens (tertiary/aromatic N) is 1. The third-order valence-corrected chi connectivity index (χ3v) is 2.94. The SMILES string of the molecule is COc1ccc(CNCC(C)C)c(OCCN(C)C)c1. The van der Waals surface area contributed by atoms with E-state index in [1.54, 1.807) is 7.11 Å². The summed E-state index contributed by atoms with van der Waals surface area (Å²) in [5.74, 6) is 2.38. The van der Waals surface area contributed by atoms with E-state index in [0.717, 1.165) is 31.1 Å². The quantitative estimate of drug-likeness (QED) is 0.753. The predicted octanol–water partition coefficient (Wildman–Crippen LogP) is 2.38. The Balaban J connectivity index is 2.65. The first-order chi connectivity index (χ1) is 9.52. The molecule has 0 heterocycles. The molecule has 20 heavy (non-hydrogen) atoms. The Morgan fingerprint density at radius 3 is 2.60 bits per heavy atom. The van der Waals surface area contributed by atoms with Crippen molar-refractivity contribution in [2.75, 3.05) is 40.9 Å². The number of benzene rings is 1. The predicted molar refractivity (Wildman–Crippen MR) is 83.6 cm³/mol. The van der Waals surface area contributed by atoms with E-state index in [-0.39, 0.29) is 0 Å². The van der Waals surface area contributed by atoms with Gasteiger partial charge in [0.2, 0.25) is 0 Å². The van der Waals surface area contributed by atoms with E-state index in [1.165, 1.54) is 5.56 Å². The van der Waals surface area contributed by atoms with Gasteiger partial charge in [-0.25, -0.2) is 0 Å². The van der Waals surface area contributed by atoms with Crippen LogP contribution in [0.2, 0.25) is 0 Å². The van der Waals surface area contributed by atoms with Crippen LogP contribution in [0.3, 0.4) is 0 Å². The molecule has 0 aliphatic heterocycles. The van der Waals surface area contributed by atoms with E-state index >= 15 is 0 Å². The third-order valence-electron chi connectivity index (χ3n) is 2.94. The van der Waals surface area contributed by atoms with Crippen molar-refractivity contribution in [2.45, 2.75) is 20.4 Å². The molecule has 1 rings (SSSR count). The molecule has 0 aromatic heterocycles. The normalized spacial score (nSPS) is 11.2. The highest BCUT2D eigenvalue weighted by molar-refractivity contribution is 5.40. The summed E-state index contributed by atoms with van der Waals surface area (Å²) < 4.78 is 11.2. The highest BCUT2D eigenvalue weighted by Crippen LogP contribution is 2.24.